The number of aryl methyl sites for hydroxylation is 1. The molecular weight excluding hydrogens is 470 g/mol. The Morgan fingerprint density at radius 1 is 1.18 bits per heavy atom. The molecule has 0 atom stereocenters. The maximum atomic E-state index is 13.0. The average molecular weight is 485 g/mol. The number of sulfone groups is 1. The molecule has 0 bridgehead atoms. The zero-order chi connectivity index (χ0) is 20.5. The first kappa shape index (κ1) is 20.4. The second-order valence-electron chi connectivity index (χ2n) is 5.77. The summed E-state index contributed by atoms with van der Waals surface area (Å²) in [6, 6.07) is 10.1. The van der Waals surface area contributed by atoms with Crippen molar-refractivity contribution in [3.8, 4) is 5.75 Å². The molecule has 0 saturated heterocycles. The monoisotopic (exact) mass is 483 g/mol. The number of carbonyl (C=O) groups is 1. The predicted octanol–water partition coefficient (Wildman–Crippen LogP) is 3.93. The van der Waals surface area contributed by atoms with E-state index in [-0.39, 0.29) is 21.2 Å². The molecule has 0 aliphatic rings. The van der Waals surface area contributed by atoms with E-state index in [0.29, 0.717) is 15.2 Å². The SMILES string of the molecule is COc1cc(NC(=O)c2c(Br)cnn2C)cc(S(=O)(=O)c2ccc(Cl)cc2)c1. The number of nitrogens with zero attached hydrogens (tertiary/aromatic N) is 2. The number of carbonyl (C=O) groups excluding carboxylic acids is 1. The first-order valence-corrected chi connectivity index (χ1v) is 10.6. The van der Waals surface area contributed by atoms with E-state index >= 15 is 0 Å². The van der Waals surface area contributed by atoms with E-state index in [0.717, 1.165) is 0 Å². The molecule has 0 radical (unpaired) electrons. The van der Waals surface area contributed by atoms with Gasteiger partial charge in [0.25, 0.3) is 5.91 Å². The molecular formula is C18H15BrClN3O4S. The van der Waals surface area contributed by atoms with Gasteiger partial charge in [-0.1, -0.05) is 11.6 Å². The van der Waals surface area contributed by atoms with Gasteiger partial charge in [-0.2, -0.15) is 5.10 Å². The van der Waals surface area contributed by atoms with Gasteiger partial charge in [-0.15, -0.1) is 0 Å². The number of amides is 1. The maximum absolute atomic E-state index is 13.0. The molecule has 1 aromatic heterocycles. The Morgan fingerprint density at radius 3 is 2.43 bits per heavy atom. The Hall–Kier alpha value is -2.36. The lowest BCUT2D eigenvalue weighted by Crippen LogP contribution is -2.17. The third-order valence-corrected chi connectivity index (χ3v) is 6.50. The Balaban J connectivity index is 2.01. The standard InChI is InChI=1S/C18H15BrClN3O4S/c1-23-17(16(19)10-21-23)18(24)22-12-7-13(27-2)9-15(8-12)28(25,26)14-5-3-11(20)4-6-14/h3-10H,1-2H3,(H,22,24). The largest absolute Gasteiger partial charge is 0.497 e. The van der Waals surface area contributed by atoms with Gasteiger partial charge in [0.2, 0.25) is 9.84 Å². The lowest BCUT2D eigenvalue weighted by molar-refractivity contribution is 0.101. The van der Waals surface area contributed by atoms with Gasteiger partial charge in [-0.05, 0) is 52.3 Å². The number of hydrogen-bond acceptors (Lipinski definition) is 5. The van der Waals surface area contributed by atoms with E-state index in [1.807, 2.05) is 0 Å². The molecule has 0 saturated carbocycles. The Morgan fingerprint density at radius 2 is 1.86 bits per heavy atom. The van der Waals surface area contributed by atoms with E-state index in [2.05, 4.69) is 26.3 Å². The summed E-state index contributed by atoms with van der Waals surface area (Å²) < 4.78 is 33.0. The van der Waals surface area contributed by atoms with Crippen molar-refractivity contribution in [1.29, 1.82) is 0 Å². The van der Waals surface area contributed by atoms with E-state index in [1.54, 1.807) is 7.05 Å². The summed E-state index contributed by atoms with van der Waals surface area (Å²) in [7, 11) is -0.793. The zero-order valence-electron chi connectivity index (χ0n) is 14.8. The van der Waals surface area contributed by atoms with Crippen LogP contribution in [0.3, 0.4) is 0 Å². The van der Waals surface area contributed by atoms with E-state index in [4.69, 9.17) is 16.3 Å². The minimum Gasteiger partial charge on any atom is -0.497 e. The summed E-state index contributed by atoms with van der Waals surface area (Å²) in [4.78, 5) is 12.6. The van der Waals surface area contributed by atoms with Crippen LogP contribution in [0.15, 0.2) is 62.9 Å². The fourth-order valence-corrected chi connectivity index (χ4v) is 4.50. The van der Waals surface area contributed by atoms with Crippen molar-refractivity contribution in [3.63, 3.8) is 0 Å². The van der Waals surface area contributed by atoms with E-state index < -0.39 is 15.7 Å². The fraction of sp³-hybridized carbons (Fsp3) is 0.111. The van der Waals surface area contributed by atoms with Gasteiger partial charge in [0.05, 0.1) is 27.6 Å². The van der Waals surface area contributed by atoms with Gasteiger partial charge in [0.1, 0.15) is 11.4 Å². The lowest BCUT2D eigenvalue weighted by atomic mass is 10.3. The summed E-state index contributed by atoms with van der Waals surface area (Å²) in [5.41, 5.74) is 0.565. The summed E-state index contributed by atoms with van der Waals surface area (Å²) >= 11 is 9.11. The number of rotatable bonds is 5. The molecule has 1 N–H and O–H groups in total. The minimum atomic E-state index is -3.83. The van der Waals surface area contributed by atoms with Crippen molar-refractivity contribution in [2.45, 2.75) is 9.79 Å². The Labute approximate surface area is 175 Å². The van der Waals surface area contributed by atoms with Crippen molar-refractivity contribution in [2.24, 2.45) is 7.05 Å². The summed E-state index contributed by atoms with van der Waals surface area (Å²) in [5, 5.41) is 7.10. The number of benzene rings is 2. The average Bonchev–Trinajstić information content (AvgIpc) is 3.00. The molecule has 28 heavy (non-hydrogen) atoms. The molecule has 1 amide bonds. The Kier molecular flexibility index (Phi) is 5.78. The molecule has 3 rings (SSSR count). The van der Waals surface area contributed by atoms with Crippen molar-refractivity contribution < 1.29 is 17.9 Å². The van der Waals surface area contributed by atoms with Gasteiger partial charge in [0, 0.05) is 23.8 Å². The molecule has 146 valence electrons. The third-order valence-electron chi connectivity index (χ3n) is 3.92. The molecule has 0 aliphatic heterocycles. The zero-order valence-corrected chi connectivity index (χ0v) is 18.0. The number of methoxy groups -OCH3 is 1. The van der Waals surface area contributed by atoms with Crippen LogP contribution in [0.2, 0.25) is 5.02 Å². The molecule has 0 fully saturated rings. The number of ether oxygens (including phenoxy) is 1. The van der Waals surface area contributed by atoms with Gasteiger partial charge >= 0.3 is 0 Å². The molecule has 0 unspecified atom stereocenters. The second-order valence-corrected chi connectivity index (χ2v) is 9.01. The second kappa shape index (κ2) is 7.94. The van der Waals surface area contributed by atoms with Crippen LogP contribution in [0.5, 0.6) is 5.75 Å². The molecule has 2 aromatic carbocycles. The fourth-order valence-electron chi connectivity index (χ4n) is 2.52. The van der Waals surface area contributed by atoms with Crippen LogP contribution in [0.1, 0.15) is 10.5 Å². The quantitative estimate of drug-likeness (QED) is 0.592. The van der Waals surface area contributed by atoms with Crippen LogP contribution in [0, 0.1) is 0 Å². The number of aromatic nitrogens is 2. The number of hydrogen-bond donors (Lipinski definition) is 1. The van der Waals surface area contributed by atoms with Crippen LogP contribution in [-0.4, -0.2) is 31.2 Å². The van der Waals surface area contributed by atoms with Crippen LogP contribution < -0.4 is 10.1 Å². The number of nitrogens with one attached hydrogen (secondary N) is 1. The van der Waals surface area contributed by atoms with E-state index in [9.17, 15) is 13.2 Å². The summed E-state index contributed by atoms with van der Waals surface area (Å²) in [6.07, 6.45) is 1.50. The molecule has 7 nitrogen and oxygen atoms in total. The molecule has 0 spiro atoms. The smallest absolute Gasteiger partial charge is 0.275 e. The van der Waals surface area contributed by atoms with E-state index in [1.165, 1.54) is 60.5 Å². The molecule has 1 heterocycles. The van der Waals surface area contributed by atoms with Crippen LogP contribution in [-0.2, 0) is 16.9 Å². The lowest BCUT2D eigenvalue weighted by Gasteiger charge is -2.12. The first-order chi connectivity index (χ1) is 13.2. The highest BCUT2D eigenvalue weighted by atomic mass is 79.9. The first-order valence-electron chi connectivity index (χ1n) is 7.91. The Bertz CT molecular complexity index is 1120. The van der Waals surface area contributed by atoms with Gasteiger partial charge in [-0.3, -0.25) is 9.48 Å². The highest BCUT2D eigenvalue weighted by Crippen LogP contribution is 2.29. The molecule has 3 aromatic rings. The van der Waals surface area contributed by atoms with Crippen LogP contribution in [0.25, 0.3) is 0 Å². The summed E-state index contributed by atoms with van der Waals surface area (Å²) in [5.74, 6) is -0.163. The van der Waals surface area contributed by atoms with Crippen molar-refractivity contribution in [2.75, 3.05) is 12.4 Å². The summed E-state index contributed by atoms with van der Waals surface area (Å²) in [6.45, 7) is 0. The van der Waals surface area contributed by atoms with Crippen molar-refractivity contribution >= 4 is 49.0 Å². The topological polar surface area (TPSA) is 90.3 Å². The third kappa shape index (κ3) is 4.06. The highest BCUT2D eigenvalue weighted by molar-refractivity contribution is 9.10. The maximum Gasteiger partial charge on any atom is 0.275 e. The van der Waals surface area contributed by atoms with Crippen LogP contribution in [0.4, 0.5) is 5.69 Å². The number of anilines is 1. The van der Waals surface area contributed by atoms with Crippen molar-refractivity contribution in [1.82, 2.24) is 9.78 Å². The van der Waals surface area contributed by atoms with Gasteiger partial charge in [0.15, 0.2) is 0 Å². The normalized spacial score (nSPS) is 11.3. The molecule has 10 heteroatoms. The number of halogens is 2. The predicted molar refractivity (Wildman–Crippen MR) is 109 cm³/mol. The minimum absolute atomic E-state index is 0.0199. The van der Waals surface area contributed by atoms with Gasteiger partial charge in [-0.25, -0.2) is 8.42 Å². The van der Waals surface area contributed by atoms with Crippen molar-refractivity contribution in [3.05, 3.63) is 63.9 Å². The van der Waals surface area contributed by atoms with Gasteiger partial charge < -0.3 is 10.1 Å². The molecule has 0 aliphatic carbocycles. The van der Waals surface area contributed by atoms with Crippen LogP contribution >= 0.6 is 27.5 Å². The highest BCUT2D eigenvalue weighted by Gasteiger charge is 2.21.